The number of hydrogen-bond donors (Lipinski definition) is 2. The Morgan fingerprint density at radius 1 is 1.25 bits per heavy atom. The normalized spacial score (nSPS) is 26.2. The van der Waals surface area contributed by atoms with Crippen molar-refractivity contribution in [1.82, 2.24) is 10.6 Å². The predicted octanol–water partition coefficient (Wildman–Crippen LogP) is 3.11. The van der Waals surface area contributed by atoms with Crippen LogP contribution in [0.5, 0.6) is 0 Å². The largest absolute Gasteiger partial charge is 0.416 e. The highest BCUT2D eigenvalue weighted by Crippen LogP contribution is 2.37. The third-order valence-electron chi connectivity index (χ3n) is 4.79. The monoisotopic (exact) mass is 342 g/mol. The first-order valence-electron chi connectivity index (χ1n) is 8.25. The molecule has 2 aliphatic rings. The number of rotatable bonds is 4. The van der Waals surface area contributed by atoms with Crippen LogP contribution in [0.4, 0.5) is 18.0 Å². The number of amides is 2. The maximum Gasteiger partial charge on any atom is 0.416 e. The van der Waals surface area contributed by atoms with E-state index in [9.17, 15) is 18.0 Å². The molecular weight excluding hydrogens is 321 g/mol. The van der Waals surface area contributed by atoms with Gasteiger partial charge in [-0.15, -0.1) is 0 Å². The smallest absolute Gasteiger partial charge is 0.378 e. The number of carbonyl (C=O) groups excluding carboxylic acids is 1. The van der Waals surface area contributed by atoms with E-state index in [2.05, 4.69) is 10.6 Å². The van der Waals surface area contributed by atoms with Gasteiger partial charge in [-0.1, -0.05) is 12.1 Å². The Balaban J connectivity index is 1.38. The molecule has 4 nitrogen and oxygen atoms in total. The number of benzene rings is 1. The van der Waals surface area contributed by atoms with Gasteiger partial charge in [-0.3, -0.25) is 0 Å². The van der Waals surface area contributed by atoms with Gasteiger partial charge in [0.2, 0.25) is 0 Å². The van der Waals surface area contributed by atoms with Crippen LogP contribution in [0.1, 0.15) is 30.4 Å². The summed E-state index contributed by atoms with van der Waals surface area (Å²) in [4.78, 5) is 11.9. The van der Waals surface area contributed by atoms with E-state index in [-0.39, 0.29) is 18.2 Å². The minimum atomic E-state index is -4.32. The van der Waals surface area contributed by atoms with E-state index in [0.717, 1.165) is 43.6 Å². The standard InChI is InChI=1S/C17H21F3N2O2/c18-17(19,20)12-5-3-11(4-6-12)7-8-21-16(23)22-14-10-15-13(14)2-1-9-24-15/h3-6,13-15H,1-2,7-10H2,(H2,21,22,23)/t13-,14+,15-/m0/s1. The molecule has 3 rings (SSSR count). The fourth-order valence-corrected chi connectivity index (χ4v) is 3.36. The third-order valence-corrected chi connectivity index (χ3v) is 4.79. The van der Waals surface area contributed by atoms with E-state index >= 15 is 0 Å². The summed E-state index contributed by atoms with van der Waals surface area (Å²) in [7, 11) is 0. The zero-order chi connectivity index (χ0) is 17.2. The molecule has 3 atom stereocenters. The Kier molecular flexibility index (Phi) is 4.99. The number of fused-ring (bicyclic) bond motifs is 1. The lowest BCUT2D eigenvalue weighted by Gasteiger charge is -2.47. The molecule has 1 saturated heterocycles. The third kappa shape index (κ3) is 4.01. The first-order chi connectivity index (χ1) is 11.4. The Hall–Kier alpha value is -1.76. The van der Waals surface area contributed by atoms with Gasteiger partial charge in [0.1, 0.15) is 0 Å². The summed E-state index contributed by atoms with van der Waals surface area (Å²) < 4.78 is 43.1. The molecule has 0 bridgehead atoms. The fourth-order valence-electron chi connectivity index (χ4n) is 3.36. The van der Waals surface area contributed by atoms with Crippen molar-refractivity contribution >= 4 is 6.03 Å². The summed E-state index contributed by atoms with van der Waals surface area (Å²) >= 11 is 0. The Morgan fingerprint density at radius 2 is 2.00 bits per heavy atom. The van der Waals surface area contributed by atoms with E-state index in [1.807, 2.05) is 0 Å². The van der Waals surface area contributed by atoms with Crippen molar-refractivity contribution in [3.63, 3.8) is 0 Å². The number of hydrogen-bond acceptors (Lipinski definition) is 2. The summed E-state index contributed by atoms with van der Waals surface area (Å²) in [6.45, 7) is 1.20. The van der Waals surface area contributed by atoms with Crippen LogP contribution in [0, 0.1) is 5.92 Å². The number of urea groups is 1. The topological polar surface area (TPSA) is 50.4 Å². The summed E-state index contributed by atoms with van der Waals surface area (Å²) in [6, 6.07) is 4.95. The Bertz CT molecular complexity index is 574. The highest BCUT2D eigenvalue weighted by molar-refractivity contribution is 5.74. The minimum absolute atomic E-state index is 0.168. The average Bonchev–Trinajstić information content (AvgIpc) is 2.52. The molecule has 1 aliphatic heterocycles. The van der Waals surface area contributed by atoms with Crippen molar-refractivity contribution in [1.29, 1.82) is 0 Å². The molecule has 1 aromatic rings. The maximum absolute atomic E-state index is 12.5. The molecule has 2 N–H and O–H groups in total. The van der Waals surface area contributed by atoms with Crippen molar-refractivity contribution in [3.8, 4) is 0 Å². The molecule has 0 radical (unpaired) electrons. The highest BCUT2D eigenvalue weighted by atomic mass is 19.4. The SMILES string of the molecule is O=C(NCCc1ccc(C(F)(F)F)cc1)N[C@@H]1C[C@@H]2OCCC[C@H]21. The van der Waals surface area contributed by atoms with Crippen molar-refractivity contribution in [2.45, 2.75) is 44.0 Å². The second-order valence-electron chi connectivity index (χ2n) is 6.40. The van der Waals surface area contributed by atoms with Crippen molar-refractivity contribution < 1.29 is 22.7 Å². The second kappa shape index (κ2) is 7.01. The molecule has 0 spiro atoms. The van der Waals surface area contributed by atoms with Crippen LogP contribution in [0.3, 0.4) is 0 Å². The van der Waals surface area contributed by atoms with E-state index in [0.29, 0.717) is 18.9 Å². The first kappa shape index (κ1) is 17.1. The molecule has 1 aromatic carbocycles. The number of alkyl halides is 3. The highest BCUT2D eigenvalue weighted by Gasteiger charge is 2.43. The van der Waals surface area contributed by atoms with Crippen LogP contribution in [0.15, 0.2) is 24.3 Å². The van der Waals surface area contributed by atoms with Crippen LogP contribution in [0.25, 0.3) is 0 Å². The molecule has 1 heterocycles. The van der Waals surface area contributed by atoms with Crippen LogP contribution >= 0.6 is 0 Å². The van der Waals surface area contributed by atoms with Crippen LogP contribution in [-0.2, 0) is 17.3 Å². The van der Waals surface area contributed by atoms with Crippen molar-refractivity contribution in [2.75, 3.05) is 13.2 Å². The average molecular weight is 342 g/mol. The van der Waals surface area contributed by atoms with Crippen LogP contribution in [0.2, 0.25) is 0 Å². The van der Waals surface area contributed by atoms with E-state index in [4.69, 9.17) is 4.74 Å². The van der Waals surface area contributed by atoms with E-state index in [1.54, 1.807) is 0 Å². The molecule has 24 heavy (non-hydrogen) atoms. The predicted molar refractivity (Wildman–Crippen MR) is 82.6 cm³/mol. The number of carbonyl (C=O) groups is 1. The van der Waals surface area contributed by atoms with Gasteiger partial charge in [0.15, 0.2) is 0 Å². The zero-order valence-corrected chi connectivity index (χ0v) is 13.2. The van der Waals surface area contributed by atoms with E-state index in [1.165, 1.54) is 12.1 Å². The van der Waals surface area contributed by atoms with Crippen molar-refractivity contribution in [3.05, 3.63) is 35.4 Å². The van der Waals surface area contributed by atoms with Gasteiger partial charge in [-0.2, -0.15) is 13.2 Å². The Labute approximate surface area is 138 Å². The lowest BCUT2D eigenvalue weighted by atomic mass is 9.72. The molecule has 132 valence electrons. The minimum Gasteiger partial charge on any atom is -0.378 e. The maximum atomic E-state index is 12.5. The summed E-state index contributed by atoms with van der Waals surface area (Å²) in [5.41, 5.74) is 0.0962. The Morgan fingerprint density at radius 3 is 2.67 bits per heavy atom. The van der Waals surface area contributed by atoms with Gasteiger partial charge in [0.25, 0.3) is 0 Å². The van der Waals surface area contributed by atoms with Gasteiger partial charge >= 0.3 is 12.2 Å². The number of ether oxygens (including phenoxy) is 1. The zero-order valence-electron chi connectivity index (χ0n) is 13.2. The van der Waals surface area contributed by atoms with Crippen molar-refractivity contribution in [2.24, 2.45) is 5.92 Å². The lowest BCUT2D eigenvalue weighted by Crippen LogP contribution is -2.59. The molecular formula is C17H21F3N2O2. The van der Waals surface area contributed by atoms with Gasteiger partial charge < -0.3 is 15.4 Å². The molecule has 1 aliphatic carbocycles. The number of halogens is 3. The van der Waals surface area contributed by atoms with Crippen LogP contribution in [-0.4, -0.2) is 31.3 Å². The first-order valence-corrected chi connectivity index (χ1v) is 8.25. The van der Waals surface area contributed by atoms with Gasteiger partial charge in [0.05, 0.1) is 11.7 Å². The molecule has 0 unspecified atom stereocenters. The number of nitrogens with one attached hydrogen (secondary N) is 2. The lowest BCUT2D eigenvalue weighted by molar-refractivity contribution is -0.137. The summed E-state index contributed by atoms with van der Waals surface area (Å²) in [6.07, 6.45) is -0.560. The molecule has 2 amide bonds. The summed E-state index contributed by atoms with van der Waals surface area (Å²) in [5, 5.41) is 5.71. The van der Waals surface area contributed by atoms with E-state index < -0.39 is 11.7 Å². The molecule has 2 fully saturated rings. The van der Waals surface area contributed by atoms with Gasteiger partial charge in [-0.05, 0) is 43.4 Å². The molecule has 0 aromatic heterocycles. The van der Waals surface area contributed by atoms with Crippen LogP contribution < -0.4 is 10.6 Å². The molecule has 1 saturated carbocycles. The summed E-state index contributed by atoms with van der Waals surface area (Å²) in [5.74, 6) is 0.416. The van der Waals surface area contributed by atoms with Gasteiger partial charge in [0, 0.05) is 25.1 Å². The molecule has 7 heteroatoms. The fraction of sp³-hybridized carbons (Fsp3) is 0.588. The second-order valence-corrected chi connectivity index (χ2v) is 6.40. The van der Waals surface area contributed by atoms with Gasteiger partial charge in [-0.25, -0.2) is 4.79 Å². The quantitative estimate of drug-likeness (QED) is 0.883.